The maximum absolute atomic E-state index is 10.3. The highest BCUT2D eigenvalue weighted by Crippen LogP contribution is 2.34. The molecule has 3 aromatic heterocycles. The summed E-state index contributed by atoms with van der Waals surface area (Å²) < 4.78 is 13.4. The van der Waals surface area contributed by atoms with Gasteiger partial charge in [-0.3, -0.25) is 9.97 Å². The maximum Gasteiger partial charge on any atom is 0.244 e. The van der Waals surface area contributed by atoms with Gasteiger partial charge < -0.3 is 19.9 Å². The van der Waals surface area contributed by atoms with Gasteiger partial charge in [0.25, 0.3) is 0 Å². The Balaban J connectivity index is 1.38. The molecule has 1 saturated carbocycles. The van der Waals surface area contributed by atoms with Crippen LogP contribution in [0, 0.1) is 0 Å². The van der Waals surface area contributed by atoms with Crippen molar-refractivity contribution in [2.24, 2.45) is 0 Å². The lowest BCUT2D eigenvalue weighted by Crippen LogP contribution is -2.39. The molecule has 4 heterocycles. The van der Waals surface area contributed by atoms with Crippen LogP contribution in [0.25, 0.3) is 27.7 Å². The van der Waals surface area contributed by atoms with Gasteiger partial charge in [0, 0.05) is 30.2 Å². The highest BCUT2D eigenvalue weighted by molar-refractivity contribution is 5.89. The number of fused-ring (bicyclic) bond motifs is 2. The van der Waals surface area contributed by atoms with Crippen molar-refractivity contribution in [2.75, 3.05) is 18.5 Å². The van der Waals surface area contributed by atoms with Crippen LogP contribution in [-0.2, 0) is 4.74 Å². The van der Waals surface area contributed by atoms with Crippen molar-refractivity contribution in [3.8, 4) is 17.0 Å². The van der Waals surface area contributed by atoms with E-state index in [0.717, 1.165) is 53.4 Å². The van der Waals surface area contributed by atoms with Gasteiger partial charge in [-0.2, -0.15) is 4.98 Å². The van der Waals surface area contributed by atoms with Gasteiger partial charge in [-0.1, -0.05) is 6.07 Å². The second-order valence-electron chi connectivity index (χ2n) is 9.22. The smallest absolute Gasteiger partial charge is 0.244 e. The monoisotopic (exact) mass is 446 g/mol. The third kappa shape index (κ3) is 3.98. The number of benzene rings is 1. The number of aromatic nitrogens is 5. The van der Waals surface area contributed by atoms with E-state index in [1.807, 2.05) is 41.9 Å². The average molecular weight is 447 g/mol. The van der Waals surface area contributed by atoms with E-state index in [9.17, 15) is 5.11 Å². The first-order chi connectivity index (χ1) is 16.0. The second kappa shape index (κ2) is 7.93. The Morgan fingerprint density at radius 1 is 1.12 bits per heavy atom. The fourth-order valence-electron chi connectivity index (χ4n) is 4.51. The average Bonchev–Trinajstić information content (AvgIpc) is 3.21. The topological polar surface area (TPSA) is 107 Å². The summed E-state index contributed by atoms with van der Waals surface area (Å²) in [6.07, 6.45) is 8.55. The van der Waals surface area contributed by atoms with E-state index >= 15 is 0 Å². The largest absolute Gasteiger partial charge is 0.468 e. The number of hydrogen-bond acceptors (Lipinski definition) is 8. The molecule has 2 N–H and O–H groups in total. The molecule has 0 atom stereocenters. The molecule has 170 valence electrons. The van der Waals surface area contributed by atoms with Gasteiger partial charge in [-0.05, 0) is 56.4 Å². The lowest BCUT2D eigenvalue weighted by Gasteiger charge is -2.33. The molecule has 1 aliphatic heterocycles. The van der Waals surface area contributed by atoms with E-state index in [2.05, 4.69) is 15.3 Å². The van der Waals surface area contributed by atoms with E-state index in [4.69, 9.17) is 19.6 Å². The first-order valence-corrected chi connectivity index (χ1v) is 11.4. The lowest BCUT2D eigenvalue weighted by atomic mass is 9.84. The molecule has 2 fully saturated rings. The van der Waals surface area contributed by atoms with Crippen molar-refractivity contribution in [2.45, 2.75) is 50.4 Å². The van der Waals surface area contributed by atoms with Crippen LogP contribution in [0.4, 0.5) is 5.95 Å². The van der Waals surface area contributed by atoms with E-state index in [1.165, 1.54) is 0 Å². The van der Waals surface area contributed by atoms with Gasteiger partial charge in [0.2, 0.25) is 11.8 Å². The molecule has 9 nitrogen and oxygen atoms in total. The Hall–Kier alpha value is -3.30. The lowest BCUT2D eigenvalue weighted by molar-refractivity contribution is -0.0808. The van der Waals surface area contributed by atoms with E-state index in [1.54, 1.807) is 12.4 Å². The Labute approximate surface area is 190 Å². The van der Waals surface area contributed by atoms with Gasteiger partial charge in [0.1, 0.15) is 11.6 Å². The zero-order chi connectivity index (χ0) is 22.4. The van der Waals surface area contributed by atoms with Crippen LogP contribution in [0.2, 0.25) is 0 Å². The van der Waals surface area contributed by atoms with Crippen LogP contribution in [-0.4, -0.2) is 60.6 Å². The molecule has 0 amide bonds. The number of nitrogens with zero attached hydrogens (tertiary/aromatic N) is 5. The SMILES string of the molecule is CC1(O)CCC(Nc2nc(OC3COC3)c3c(-c4ccc5nccnc5c4)ccn3n2)CC1. The van der Waals surface area contributed by atoms with Crippen LogP contribution in [0.1, 0.15) is 32.6 Å². The first kappa shape index (κ1) is 20.3. The van der Waals surface area contributed by atoms with Gasteiger partial charge in [0.15, 0.2) is 0 Å². The molecule has 0 radical (unpaired) electrons. The number of aliphatic hydroxyl groups is 1. The van der Waals surface area contributed by atoms with E-state index < -0.39 is 5.60 Å². The van der Waals surface area contributed by atoms with Crippen molar-refractivity contribution >= 4 is 22.5 Å². The third-order valence-electron chi connectivity index (χ3n) is 6.54. The number of rotatable bonds is 5. The van der Waals surface area contributed by atoms with Crippen molar-refractivity contribution in [3.05, 3.63) is 42.9 Å². The molecular weight excluding hydrogens is 420 g/mol. The molecule has 1 aliphatic carbocycles. The minimum atomic E-state index is -0.582. The molecule has 9 heteroatoms. The molecule has 1 saturated heterocycles. The summed E-state index contributed by atoms with van der Waals surface area (Å²) in [6, 6.07) is 8.26. The molecule has 6 rings (SSSR count). The molecule has 0 spiro atoms. The summed E-state index contributed by atoms with van der Waals surface area (Å²) in [5.41, 5.74) is 3.87. The molecule has 0 bridgehead atoms. The predicted molar refractivity (Wildman–Crippen MR) is 123 cm³/mol. The Bertz CT molecular complexity index is 1310. The fraction of sp³-hybridized carbons (Fsp3) is 0.417. The standard InChI is InChI=1S/C24H26N6O3/c1-24(31)7-4-16(5-8-24)27-23-28-22(33-17-13-32-14-17)21-18(6-11-30(21)29-23)15-2-3-19-20(12-15)26-10-9-25-19/h2-3,6,9-12,16-17,31H,4-5,7-8,13-14H2,1H3,(H,27,29). The van der Waals surface area contributed by atoms with Crippen molar-refractivity contribution in [3.63, 3.8) is 0 Å². The van der Waals surface area contributed by atoms with Crippen LogP contribution < -0.4 is 10.1 Å². The van der Waals surface area contributed by atoms with Crippen LogP contribution in [0.3, 0.4) is 0 Å². The summed E-state index contributed by atoms with van der Waals surface area (Å²) in [5.74, 6) is 1.05. The number of hydrogen-bond donors (Lipinski definition) is 2. The fourth-order valence-corrected chi connectivity index (χ4v) is 4.51. The Morgan fingerprint density at radius 2 is 1.91 bits per heavy atom. The van der Waals surface area contributed by atoms with Crippen molar-refractivity contribution in [1.82, 2.24) is 24.6 Å². The normalized spacial score (nSPS) is 23.5. The van der Waals surface area contributed by atoms with E-state index in [0.29, 0.717) is 25.0 Å². The summed E-state index contributed by atoms with van der Waals surface area (Å²) in [4.78, 5) is 13.6. The van der Waals surface area contributed by atoms with Crippen LogP contribution in [0.15, 0.2) is 42.9 Å². The van der Waals surface area contributed by atoms with Crippen LogP contribution >= 0.6 is 0 Å². The summed E-state index contributed by atoms with van der Waals surface area (Å²) in [7, 11) is 0. The molecule has 0 unspecified atom stereocenters. The minimum absolute atomic E-state index is 0.0217. The van der Waals surface area contributed by atoms with Gasteiger partial charge in [-0.15, -0.1) is 5.10 Å². The van der Waals surface area contributed by atoms with Gasteiger partial charge >= 0.3 is 0 Å². The quantitative estimate of drug-likeness (QED) is 0.481. The zero-order valence-corrected chi connectivity index (χ0v) is 18.4. The minimum Gasteiger partial charge on any atom is -0.468 e. The van der Waals surface area contributed by atoms with Crippen molar-refractivity contribution < 1.29 is 14.6 Å². The van der Waals surface area contributed by atoms with Gasteiger partial charge in [-0.25, -0.2) is 4.52 Å². The predicted octanol–water partition coefficient (Wildman–Crippen LogP) is 3.22. The molecule has 1 aromatic carbocycles. The highest BCUT2D eigenvalue weighted by Gasteiger charge is 2.30. The van der Waals surface area contributed by atoms with Gasteiger partial charge in [0.05, 0.1) is 29.8 Å². The van der Waals surface area contributed by atoms with E-state index in [-0.39, 0.29) is 12.1 Å². The highest BCUT2D eigenvalue weighted by atomic mass is 16.6. The third-order valence-corrected chi connectivity index (χ3v) is 6.54. The summed E-state index contributed by atoms with van der Waals surface area (Å²) in [6.45, 7) is 3.01. The molecule has 2 aliphatic rings. The Kier molecular flexibility index (Phi) is 4.88. The molecular formula is C24H26N6O3. The van der Waals surface area contributed by atoms with Crippen LogP contribution in [0.5, 0.6) is 5.88 Å². The van der Waals surface area contributed by atoms with Crippen molar-refractivity contribution in [1.29, 1.82) is 0 Å². The number of nitrogens with one attached hydrogen (secondary N) is 1. The molecule has 33 heavy (non-hydrogen) atoms. The Morgan fingerprint density at radius 3 is 2.67 bits per heavy atom. The summed E-state index contributed by atoms with van der Waals surface area (Å²) in [5, 5.41) is 18.4. The second-order valence-corrected chi connectivity index (χ2v) is 9.22. The zero-order valence-electron chi connectivity index (χ0n) is 18.4. The number of anilines is 1. The summed E-state index contributed by atoms with van der Waals surface area (Å²) >= 11 is 0. The maximum atomic E-state index is 10.3. The first-order valence-electron chi connectivity index (χ1n) is 11.4. The molecule has 4 aromatic rings. The number of ether oxygens (including phenoxy) is 2.